The van der Waals surface area contributed by atoms with E-state index in [1.165, 1.54) is 84.2 Å². The van der Waals surface area contributed by atoms with Crippen LogP contribution < -0.4 is 0 Å². The third kappa shape index (κ3) is 8.48. The molecule has 0 aliphatic heterocycles. The monoisotopic (exact) mass is 296 g/mol. The van der Waals surface area contributed by atoms with Crippen molar-refractivity contribution >= 4 is 5.97 Å². The zero-order chi connectivity index (χ0) is 15.3. The third-order valence-electron chi connectivity index (χ3n) is 5.18. The first-order chi connectivity index (χ1) is 10.3. The number of carbonyl (C=O) groups excluding carboxylic acids is 1. The number of rotatable bonds is 12. The van der Waals surface area contributed by atoms with Crippen LogP contribution in [0.2, 0.25) is 0 Å². The Morgan fingerprint density at radius 3 is 2.10 bits per heavy atom. The lowest BCUT2D eigenvalue weighted by atomic mass is 9.87. The van der Waals surface area contributed by atoms with Gasteiger partial charge in [-0.25, -0.2) is 0 Å². The van der Waals surface area contributed by atoms with Crippen LogP contribution >= 0.6 is 0 Å². The number of ether oxygens (including phenoxy) is 1. The highest BCUT2D eigenvalue weighted by Crippen LogP contribution is 2.38. The van der Waals surface area contributed by atoms with Gasteiger partial charge in [-0.2, -0.15) is 0 Å². The van der Waals surface area contributed by atoms with Crippen molar-refractivity contribution < 1.29 is 9.53 Å². The van der Waals surface area contributed by atoms with Gasteiger partial charge in [0, 0.05) is 6.42 Å². The Hall–Kier alpha value is -0.530. The van der Waals surface area contributed by atoms with E-state index in [1.54, 1.807) is 0 Å². The largest absolute Gasteiger partial charge is 0.469 e. The fraction of sp³-hybridized carbons (Fsp3) is 0.947. The molecule has 2 nitrogen and oxygen atoms in total. The molecule has 0 heterocycles. The summed E-state index contributed by atoms with van der Waals surface area (Å²) in [6, 6.07) is 0. The Morgan fingerprint density at radius 1 is 0.905 bits per heavy atom. The van der Waals surface area contributed by atoms with Crippen molar-refractivity contribution in [2.24, 2.45) is 11.8 Å². The molecular formula is C19H36O2. The molecule has 0 saturated heterocycles. The summed E-state index contributed by atoms with van der Waals surface area (Å²) in [4.78, 5) is 11.0. The average Bonchev–Trinajstić information content (AvgIpc) is 2.94. The molecule has 1 saturated carbocycles. The molecule has 0 spiro atoms. The number of methoxy groups -OCH3 is 1. The number of unbranched alkanes of at least 4 members (excludes halogenated alkanes) is 6. The van der Waals surface area contributed by atoms with Gasteiger partial charge in [-0.05, 0) is 18.3 Å². The molecule has 1 fully saturated rings. The quantitative estimate of drug-likeness (QED) is 0.332. The lowest BCUT2D eigenvalue weighted by molar-refractivity contribution is -0.140. The van der Waals surface area contributed by atoms with E-state index >= 15 is 0 Å². The second-order valence-corrected chi connectivity index (χ2v) is 6.83. The first-order valence-electron chi connectivity index (χ1n) is 9.34. The van der Waals surface area contributed by atoms with Gasteiger partial charge in [0.25, 0.3) is 0 Å². The van der Waals surface area contributed by atoms with Crippen LogP contribution in [-0.4, -0.2) is 13.1 Å². The van der Waals surface area contributed by atoms with Crippen LogP contribution in [0.25, 0.3) is 0 Å². The van der Waals surface area contributed by atoms with Crippen molar-refractivity contribution in [3.63, 3.8) is 0 Å². The normalized spacial score (nSPS) is 21.6. The zero-order valence-corrected chi connectivity index (χ0v) is 14.4. The SMILES string of the molecule is CCCCC1CCCC1CCCCCCCCC(=O)OC. The Kier molecular flexibility index (Phi) is 10.6. The lowest BCUT2D eigenvalue weighted by Crippen LogP contribution is -2.07. The van der Waals surface area contributed by atoms with Crippen molar-refractivity contribution in [1.29, 1.82) is 0 Å². The molecule has 124 valence electrons. The minimum atomic E-state index is -0.0608. The van der Waals surface area contributed by atoms with Gasteiger partial charge >= 0.3 is 5.97 Å². The molecule has 0 N–H and O–H groups in total. The van der Waals surface area contributed by atoms with Gasteiger partial charge in [-0.1, -0.05) is 84.0 Å². The Labute approximate surface area is 132 Å². The molecule has 21 heavy (non-hydrogen) atoms. The zero-order valence-electron chi connectivity index (χ0n) is 14.4. The summed E-state index contributed by atoms with van der Waals surface area (Å²) in [5.41, 5.74) is 0. The van der Waals surface area contributed by atoms with Gasteiger partial charge in [0.05, 0.1) is 7.11 Å². The van der Waals surface area contributed by atoms with E-state index < -0.39 is 0 Å². The third-order valence-corrected chi connectivity index (χ3v) is 5.18. The van der Waals surface area contributed by atoms with Crippen LogP contribution in [0.5, 0.6) is 0 Å². The van der Waals surface area contributed by atoms with Crippen molar-refractivity contribution in [2.75, 3.05) is 7.11 Å². The fourth-order valence-corrected chi connectivity index (χ4v) is 3.83. The van der Waals surface area contributed by atoms with Gasteiger partial charge in [-0.3, -0.25) is 4.79 Å². The molecule has 0 aromatic heterocycles. The Bertz CT molecular complexity index is 262. The second-order valence-electron chi connectivity index (χ2n) is 6.83. The van der Waals surface area contributed by atoms with E-state index in [2.05, 4.69) is 11.7 Å². The summed E-state index contributed by atoms with van der Waals surface area (Å²) in [7, 11) is 1.47. The minimum Gasteiger partial charge on any atom is -0.469 e. The standard InChI is InChI=1S/C19H36O2/c1-3-4-12-17-14-11-15-18(17)13-9-7-5-6-8-10-16-19(20)21-2/h17-18H,3-16H2,1-2H3. The van der Waals surface area contributed by atoms with Crippen LogP contribution in [0, 0.1) is 11.8 Å². The van der Waals surface area contributed by atoms with Crippen molar-refractivity contribution in [3.8, 4) is 0 Å². The van der Waals surface area contributed by atoms with E-state index in [4.69, 9.17) is 0 Å². The topological polar surface area (TPSA) is 26.3 Å². The summed E-state index contributed by atoms with van der Waals surface area (Å²) in [6.07, 6.45) is 18.4. The van der Waals surface area contributed by atoms with Crippen molar-refractivity contribution in [2.45, 2.75) is 96.8 Å². The predicted molar refractivity (Wildman–Crippen MR) is 89.3 cm³/mol. The van der Waals surface area contributed by atoms with Crippen LogP contribution in [0.15, 0.2) is 0 Å². The van der Waals surface area contributed by atoms with Crippen LogP contribution in [-0.2, 0) is 9.53 Å². The van der Waals surface area contributed by atoms with E-state index in [0.29, 0.717) is 6.42 Å². The summed E-state index contributed by atoms with van der Waals surface area (Å²) in [5.74, 6) is 2.02. The second kappa shape index (κ2) is 12.1. The van der Waals surface area contributed by atoms with Gasteiger partial charge in [0.15, 0.2) is 0 Å². The van der Waals surface area contributed by atoms with Gasteiger partial charge < -0.3 is 4.74 Å². The molecule has 2 unspecified atom stereocenters. The highest BCUT2D eigenvalue weighted by atomic mass is 16.5. The summed E-state index contributed by atoms with van der Waals surface area (Å²) >= 11 is 0. The highest BCUT2D eigenvalue weighted by Gasteiger charge is 2.25. The molecular weight excluding hydrogens is 260 g/mol. The minimum absolute atomic E-state index is 0.0608. The van der Waals surface area contributed by atoms with E-state index in [1.807, 2.05) is 0 Å². The molecule has 1 rings (SSSR count). The Balaban J connectivity index is 1.92. The fourth-order valence-electron chi connectivity index (χ4n) is 3.83. The van der Waals surface area contributed by atoms with E-state index in [0.717, 1.165) is 18.3 Å². The lowest BCUT2D eigenvalue weighted by Gasteiger charge is -2.19. The molecule has 0 amide bonds. The first-order valence-corrected chi connectivity index (χ1v) is 9.34. The predicted octanol–water partition coefficient (Wildman–Crippen LogP) is 5.89. The van der Waals surface area contributed by atoms with Gasteiger partial charge in [-0.15, -0.1) is 0 Å². The summed E-state index contributed by atoms with van der Waals surface area (Å²) < 4.78 is 4.65. The maximum atomic E-state index is 11.0. The highest BCUT2D eigenvalue weighted by molar-refractivity contribution is 5.68. The first kappa shape index (κ1) is 18.5. The average molecular weight is 296 g/mol. The molecule has 0 aromatic carbocycles. The van der Waals surface area contributed by atoms with Crippen molar-refractivity contribution in [1.82, 2.24) is 0 Å². The number of hydrogen-bond acceptors (Lipinski definition) is 2. The maximum absolute atomic E-state index is 11.0. The molecule has 0 bridgehead atoms. The van der Waals surface area contributed by atoms with Gasteiger partial charge in [0.2, 0.25) is 0 Å². The van der Waals surface area contributed by atoms with E-state index in [9.17, 15) is 4.79 Å². The summed E-state index contributed by atoms with van der Waals surface area (Å²) in [6.45, 7) is 2.31. The Morgan fingerprint density at radius 2 is 1.48 bits per heavy atom. The smallest absolute Gasteiger partial charge is 0.305 e. The summed E-state index contributed by atoms with van der Waals surface area (Å²) in [5, 5.41) is 0. The number of carbonyl (C=O) groups is 1. The molecule has 0 radical (unpaired) electrons. The molecule has 1 aliphatic carbocycles. The van der Waals surface area contributed by atoms with Gasteiger partial charge in [0.1, 0.15) is 0 Å². The molecule has 2 atom stereocenters. The molecule has 1 aliphatic rings. The number of esters is 1. The van der Waals surface area contributed by atoms with Crippen LogP contribution in [0.3, 0.4) is 0 Å². The van der Waals surface area contributed by atoms with Crippen molar-refractivity contribution in [3.05, 3.63) is 0 Å². The molecule has 2 heteroatoms. The van der Waals surface area contributed by atoms with E-state index in [-0.39, 0.29) is 5.97 Å². The number of hydrogen-bond donors (Lipinski definition) is 0. The molecule has 0 aromatic rings. The van der Waals surface area contributed by atoms with Crippen LogP contribution in [0.4, 0.5) is 0 Å². The van der Waals surface area contributed by atoms with Crippen LogP contribution in [0.1, 0.15) is 96.8 Å². The maximum Gasteiger partial charge on any atom is 0.305 e.